The van der Waals surface area contributed by atoms with Gasteiger partial charge in [0, 0.05) is 12.1 Å². The van der Waals surface area contributed by atoms with Gasteiger partial charge in [-0.2, -0.15) is 5.26 Å². The van der Waals surface area contributed by atoms with Crippen molar-refractivity contribution in [2.45, 2.75) is 19.9 Å². The molecule has 1 aromatic carbocycles. The van der Waals surface area contributed by atoms with Crippen LogP contribution in [-0.2, 0) is 4.79 Å². The summed E-state index contributed by atoms with van der Waals surface area (Å²) < 4.78 is 0. The number of likely N-dealkylation sites (N-methyl/N-ethyl adjacent to an activating group) is 1. The van der Waals surface area contributed by atoms with Gasteiger partial charge in [-0.3, -0.25) is 9.59 Å². The summed E-state index contributed by atoms with van der Waals surface area (Å²) in [6, 6.07) is 7.68. The molecule has 2 amide bonds. The molecule has 0 fully saturated rings. The highest BCUT2D eigenvalue weighted by molar-refractivity contribution is 5.97. The predicted octanol–water partition coefficient (Wildman–Crippen LogP) is 0.813. The molecule has 0 aliphatic rings. The van der Waals surface area contributed by atoms with Crippen LogP contribution in [0.4, 0.5) is 0 Å². The lowest BCUT2D eigenvalue weighted by molar-refractivity contribution is -0.122. The number of carbonyl (C=O) groups is 2. The molecule has 1 rings (SSSR count). The molecule has 0 aliphatic heterocycles. The fourth-order valence-electron chi connectivity index (χ4n) is 1.40. The predicted molar refractivity (Wildman–Crippen MR) is 66.8 cm³/mol. The number of nitriles is 1. The second-order valence-corrected chi connectivity index (χ2v) is 3.78. The lowest BCUT2D eigenvalue weighted by Gasteiger charge is -2.13. The number of rotatable bonds is 4. The van der Waals surface area contributed by atoms with Crippen molar-refractivity contribution in [3.8, 4) is 6.07 Å². The third-order valence-corrected chi connectivity index (χ3v) is 2.35. The topological polar surface area (TPSA) is 82.0 Å². The number of nitrogens with zero attached hydrogens (tertiary/aromatic N) is 1. The molecule has 0 aliphatic carbocycles. The third-order valence-electron chi connectivity index (χ3n) is 2.35. The fourth-order valence-corrected chi connectivity index (χ4v) is 1.40. The van der Waals surface area contributed by atoms with Crippen molar-refractivity contribution in [2.75, 3.05) is 6.54 Å². The van der Waals surface area contributed by atoms with Gasteiger partial charge < -0.3 is 10.6 Å². The molecule has 94 valence electrons. The van der Waals surface area contributed by atoms with E-state index in [1.807, 2.05) is 13.0 Å². The van der Waals surface area contributed by atoms with Crippen LogP contribution in [0, 0.1) is 11.3 Å². The largest absolute Gasteiger partial charge is 0.355 e. The van der Waals surface area contributed by atoms with Crippen LogP contribution in [-0.4, -0.2) is 24.4 Å². The maximum absolute atomic E-state index is 11.8. The summed E-state index contributed by atoms with van der Waals surface area (Å²) in [5.74, 6) is -0.604. The smallest absolute Gasteiger partial charge is 0.251 e. The Kier molecular flexibility index (Phi) is 4.88. The van der Waals surface area contributed by atoms with Gasteiger partial charge in [-0.25, -0.2) is 0 Å². The highest BCUT2D eigenvalue weighted by atomic mass is 16.2. The van der Waals surface area contributed by atoms with Crippen molar-refractivity contribution in [1.29, 1.82) is 5.26 Å². The Morgan fingerprint density at radius 1 is 1.44 bits per heavy atom. The van der Waals surface area contributed by atoms with Gasteiger partial charge in [0.2, 0.25) is 5.91 Å². The first-order chi connectivity index (χ1) is 8.58. The molecule has 5 nitrogen and oxygen atoms in total. The van der Waals surface area contributed by atoms with E-state index in [2.05, 4.69) is 10.6 Å². The normalized spacial score (nSPS) is 11.2. The number of hydrogen-bond acceptors (Lipinski definition) is 3. The van der Waals surface area contributed by atoms with E-state index in [0.717, 1.165) is 0 Å². The minimum Gasteiger partial charge on any atom is -0.355 e. The monoisotopic (exact) mass is 245 g/mol. The van der Waals surface area contributed by atoms with Crippen LogP contribution < -0.4 is 10.6 Å². The number of benzene rings is 1. The summed E-state index contributed by atoms with van der Waals surface area (Å²) in [5.41, 5.74) is 0.776. The molecule has 18 heavy (non-hydrogen) atoms. The number of amides is 2. The van der Waals surface area contributed by atoms with E-state index in [4.69, 9.17) is 5.26 Å². The molecule has 0 heterocycles. The lowest BCUT2D eigenvalue weighted by atomic mass is 10.1. The second kappa shape index (κ2) is 6.40. The van der Waals surface area contributed by atoms with Gasteiger partial charge in [0.25, 0.3) is 5.91 Å². The molecule has 0 radical (unpaired) electrons. The van der Waals surface area contributed by atoms with E-state index < -0.39 is 6.04 Å². The summed E-state index contributed by atoms with van der Waals surface area (Å²) in [6.07, 6.45) is 0. The van der Waals surface area contributed by atoms with Gasteiger partial charge in [0.1, 0.15) is 6.04 Å². The van der Waals surface area contributed by atoms with Gasteiger partial charge >= 0.3 is 0 Å². The first-order valence-corrected chi connectivity index (χ1v) is 5.67. The number of hydrogen-bond donors (Lipinski definition) is 2. The van der Waals surface area contributed by atoms with E-state index in [9.17, 15) is 9.59 Å². The lowest BCUT2D eigenvalue weighted by Crippen LogP contribution is -2.44. The zero-order valence-electron chi connectivity index (χ0n) is 10.4. The molecule has 1 aromatic rings. The van der Waals surface area contributed by atoms with Crippen LogP contribution in [0.2, 0.25) is 0 Å². The van der Waals surface area contributed by atoms with Crippen molar-refractivity contribution < 1.29 is 9.59 Å². The summed E-state index contributed by atoms with van der Waals surface area (Å²) in [7, 11) is 0. The zero-order valence-corrected chi connectivity index (χ0v) is 10.4. The molecule has 2 N–H and O–H groups in total. The average molecular weight is 245 g/mol. The van der Waals surface area contributed by atoms with Crippen molar-refractivity contribution in [3.05, 3.63) is 35.4 Å². The van der Waals surface area contributed by atoms with Crippen molar-refractivity contribution >= 4 is 11.8 Å². The van der Waals surface area contributed by atoms with Crippen molar-refractivity contribution in [2.24, 2.45) is 0 Å². The third kappa shape index (κ3) is 3.59. The molecule has 0 spiro atoms. The molecule has 0 saturated heterocycles. The standard InChI is InChI=1S/C13H15N3O2/c1-3-15-12(17)9(2)16-13(18)11-6-4-5-10(7-11)8-14/h4-7,9H,3H2,1-2H3,(H,15,17)(H,16,18)/t9-/m0/s1. The summed E-state index contributed by atoms with van der Waals surface area (Å²) in [6.45, 7) is 3.93. The Labute approximate surface area is 106 Å². The first kappa shape index (κ1) is 13.7. The molecule has 0 saturated carbocycles. The van der Waals surface area contributed by atoms with Gasteiger partial charge in [-0.05, 0) is 32.0 Å². The molecule has 0 bridgehead atoms. The molecular formula is C13H15N3O2. The molecule has 0 unspecified atom stereocenters. The number of carbonyl (C=O) groups excluding carboxylic acids is 2. The van der Waals surface area contributed by atoms with Gasteiger partial charge in [-0.15, -0.1) is 0 Å². The maximum atomic E-state index is 11.8. The molecule has 1 atom stereocenters. The first-order valence-electron chi connectivity index (χ1n) is 5.67. The van der Waals surface area contributed by atoms with Gasteiger partial charge in [0.15, 0.2) is 0 Å². The average Bonchev–Trinajstić information content (AvgIpc) is 2.39. The molecule has 0 aromatic heterocycles. The highest BCUT2D eigenvalue weighted by Gasteiger charge is 2.15. The number of nitrogens with one attached hydrogen (secondary N) is 2. The van der Waals surface area contributed by atoms with E-state index in [1.54, 1.807) is 25.1 Å². The Balaban J connectivity index is 2.71. The minimum atomic E-state index is -0.608. The zero-order chi connectivity index (χ0) is 13.5. The quantitative estimate of drug-likeness (QED) is 0.823. The SMILES string of the molecule is CCNC(=O)[C@H](C)NC(=O)c1cccc(C#N)c1. The van der Waals surface area contributed by atoms with Crippen LogP contribution in [0.25, 0.3) is 0 Å². The van der Waals surface area contributed by atoms with Crippen LogP contribution in [0.15, 0.2) is 24.3 Å². The minimum absolute atomic E-state index is 0.234. The van der Waals surface area contributed by atoms with Crippen LogP contribution in [0.1, 0.15) is 29.8 Å². The molecular weight excluding hydrogens is 230 g/mol. The van der Waals surface area contributed by atoms with Crippen molar-refractivity contribution in [3.63, 3.8) is 0 Å². The van der Waals surface area contributed by atoms with Crippen molar-refractivity contribution in [1.82, 2.24) is 10.6 Å². The second-order valence-electron chi connectivity index (χ2n) is 3.78. The van der Waals surface area contributed by atoms with E-state index in [-0.39, 0.29) is 11.8 Å². The Morgan fingerprint density at radius 3 is 2.78 bits per heavy atom. The molecule has 5 heteroatoms. The van der Waals surface area contributed by atoms with Crippen LogP contribution in [0.5, 0.6) is 0 Å². The Bertz CT molecular complexity index is 491. The summed E-state index contributed by atoms with van der Waals surface area (Å²) >= 11 is 0. The Morgan fingerprint density at radius 2 is 2.17 bits per heavy atom. The Hall–Kier alpha value is -2.35. The summed E-state index contributed by atoms with van der Waals surface area (Å²) in [5, 5.41) is 13.9. The fraction of sp³-hybridized carbons (Fsp3) is 0.308. The summed E-state index contributed by atoms with van der Waals surface area (Å²) in [4.78, 5) is 23.3. The van der Waals surface area contributed by atoms with Crippen LogP contribution >= 0.6 is 0 Å². The van der Waals surface area contributed by atoms with Gasteiger partial charge in [-0.1, -0.05) is 6.07 Å². The highest BCUT2D eigenvalue weighted by Crippen LogP contribution is 2.04. The van der Waals surface area contributed by atoms with E-state index >= 15 is 0 Å². The maximum Gasteiger partial charge on any atom is 0.251 e. The van der Waals surface area contributed by atoms with Crippen LogP contribution in [0.3, 0.4) is 0 Å². The van der Waals surface area contributed by atoms with E-state index in [1.165, 1.54) is 6.07 Å². The van der Waals surface area contributed by atoms with E-state index in [0.29, 0.717) is 17.7 Å². The van der Waals surface area contributed by atoms with Gasteiger partial charge in [0.05, 0.1) is 11.6 Å².